The summed E-state index contributed by atoms with van der Waals surface area (Å²) in [6.45, 7) is 0.481. The predicted octanol–water partition coefficient (Wildman–Crippen LogP) is 2.47. The molecule has 0 atom stereocenters. The third-order valence-corrected chi connectivity index (χ3v) is 2.96. The van der Waals surface area contributed by atoms with E-state index in [0.29, 0.717) is 41.2 Å². The molecule has 0 spiro atoms. The fourth-order valence-electron chi connectivity index (χ4n) is 1.44. The summed E-state index contributed by atoms with van der Waals surface area (Å²) in [7, 11) is 0. The van der Waals surface area contributed by atoms with Crippen molar-refractivity contribution in [2.75, 3.05) is 6.54 Å². The lowest BCUT2D eigenvalue weighted by atomic mass is 10.1. The van der Waals surface area contributed by atoms with Gasteiger partial charge in [-0.05, 0) is 17.7 Å². The lowest BCUT2D eigenvalue weighted by Crippen LogP contribution is -2.02. The highest BCUT2D eigenvalue weighted by molar-refractivity contribution is 6.36. The molecule has 1 aromatic carbocycles. The quantitative estimate of drug-likeness (QED) is 0.928. The Kier molecular flexibility index (Phi) is 3.99. The van der Waals surface area contributed by atoms with Crippen LogP contribution in [0.15, 0.2) is 22.6 Å². The Balaban J connectivity index is 2.19. The average molecular weight is 272 g/mol. The second-order valence-electron chi connectivity index (χ2n) is 3.51. The van der Waals surface area contributed by atoms with Gasteiger partial charge in [0.05, 0.1) is 6.42 Å². The van der Waals surface area contributed by atoms with Crippen molar-refractivity contribution in [1.82, 2.24) is 10.2 Å². The van der Waals surface area contributed by atoms with Crippen LogP contribution in [0.3, 0.4) is 0 Å². The summed E-state index contributed by atoms with van der Waals surface area (Å²) in [4.78, 5) is 0. The van der Waals surface area contributed by atoms with Crippen LogP contribution in [0.25, 0.3) is 0 Å². The van der Waals surface area contributed by atoms with Crippen molar-refractivity contribution < 1.29 is 4.42 Å². The number of benzene rings is 1. The van der Waals surface area contributed by atoms with Crippen LogP contribution in [0.1, 0.15) is 17.3 Å². The number of aromatic nitrogens is 2. The summed E-state index contributed by atoms with van der Waals surface area (Å²) in [5.41, 5.74) is 6.19. The first kappa shape index (κ1) is 12.4. The number of nitrogens with two attached hydrogens (primary N) is 1. The van der Waals surface area contributed by atoms with E-state index in [2.05, 4.69) is 10.2 Å². The standard InChI is InChI=1S/C11H11Cl2N3O/c12-8-2-1-3-9(13)7(8)6-11-16-15-10(17-11)4-5-14/h1-3H,4-6,14H2. The molecule has 0 radical (unpaired) electrons. The van der Waals surface area contributed by atoms with Gasteiger partial charge in [0.1, 0.15) is 0 Å². The molecular weight excluding hydrogens is 261 g/mol. The molecule has 2 rings (SSSR count). The van der Waals surface area contributed by atoms with Gasteiger partial charge in [-0.2, -0.15) is 0 Å². The molecule has 17 heavy (non-hydrogen) atoms. The first-order chi connectivity index (χ1) is 8.20. The molecule has 2 N–H and O–H groups in total. The zero-order chi connectivity index (χ0) is 12.3. The maximum Gasteiger partial charge on any atom is 0.221 e. The fourth-order valence-corrected chi connectivity index (χ4v) is 1.97. The minimum Gasteiger partial charge on any atom is -0.425 e. The van der Waals surface area contributed by atoms with Crippen LogP contribution in [-0.4, -0.2) is 16.7 Å². The van der Waals surface area contributed by atoms with E-state index in [-0.39, 0.29) is 0 Å². The van der Waals surface area contributed by atoms with Crippen LogP contribution in [0, 0.1) is 0 Å². The predicted molar refractivity (Wildman–Crippen MR) is 66.3 cm³/mol. The number of hydrogen-bond donors (Lipinski definition) is 1. The average Bonchev–Trinajstić information content (AvgIpc) is 2.72. The van der Waals surface area contributed by atoms with Crippen molar-refractivity contribution in [2.24, 2.45) is 5.73 Å². The molecule has 0 aliphatic heterocycles. The van der Waals surface area contributed by atoms with Crippen LogP contribution in [-0.2, 0) is 12.8 Å². The summed E-state index contributed by atoms with van der Waals surface area (Å²) < 4.78 is 5.42. The van der Waals surface area contributed by atoms with Gasteiger partial charge in [0.25, 0.3) is 0 Å². The van der Waals surface area contributed by atoms with Gasteiger partial charge in [0, 0.05) is 23.0 Å². The van der Waals surface area contributed by atoms with Gasteiger partial charge >= 0.3 is 0 Å². The van der Waals surface area contributed by atoms with Crippen molar-refractivity contribution >= 4 is 23.2 Å². The molecule has 6 heteroatoms. The smallest absolute Gasteiger partial charge is 0.221 e. The van der Waals surface area contributed by atoms with E-state index in [0.717, 1.165) is 5.56 Å². The van der Waals surface area contributed by atoms with Gasteiger partial charge in [-0.3, -0.25) is 0 Å². The second-order valence-corrected chi connectivity index (χ2v) is 4.32. The van der Waals surface area contributed by atoms with Gasteiger partial charge in [-0.25, -0.2) is 0 Å². The minimum absolute atomic E-state index is 0.427. The Hall–Kier alpha value is -1.10. The van der Waals surface area contributed by atoms with E-state index in [4.69, 9.17) is 33.4 Å². The highest BCUT2D eigenvalue weighted by Crippen LogP contribution is 2.26. The first-order valence-electron chi connectivity index (χ1n) is 5.15. The fraction of sp³-hybridized carbons (Fsp3) is 0.273. The summed E-state index contributed by atoms with van der Waals surface area (Å²) in [6, 6.07) is 5.35. The zero-order valence-electron chi connectivity index (χ0n) is 8.99. The van der Waals surface area contributed by atoms with E-state index < -0.39 is 0 Å². The summed E-state index contributed by atoms with van der Waals surface area (Å²) in [5, 5.41) is 8.99. The van der Waals surface area contributed by atoms with E-state index in [1.807, 2.05) is 0 Å². The van der Waals surface area contributed by atoms with Crippen molar-refractivity contribution in [1.29, 1.82) is 0 Å². The van der Waals surface area contributed by atoms with E-state index >= 15 is 0 Å². The van der Waals surface area contributed by atoms with Crippen LogP contribution < -0.4 is 5.73 Å². The van der Waals surface area contributed by atoms with E-state index in [9.17, 15) is 0 Å². The van der Waals surface area contributed by atoms with Crippen molar-refractivity contribution in [3.63, 3.8) is 0 Å². The zero-order valence-corrected chi connectivity index (χ0v) is 10.5. The highest BCUT2D eigenvalue weighted by atomic mass is 35.5. The van der Waals surface area contributed by atoms with Gasteiger partial charge < -0.3 is 10.2 Å². The van der Waals surface area contributed by atoms with Crippen LogP contribution in [0.2, 0.25) is 10.0 Å². The van der Waals surface area contributed by atoms with Gasteiger partial charge in [0.15, 0.2) is 0 Å². The second kappa shape index (κ2) is 5.49. The minimum atomic E-state index is 0.427. The molecule has 0 amide bonds. The maximum absolute atomic E-state index is 6.05. The molecule has 0 aliphatic carbocycles. The van der Waals surface area contributed by atoms with Crippen LogP contribution in [0.4, 0.5) is 0 Å². The van der Waals surface area contributed by atoms with Gasteiger partial charge in [0.2, 0.25) is 11.8 Å². The van der Waals surface area contributed by atoms with E-state index in [1.165, 1.54) is 0 Å². The van der Waals surface area contributed by atoms with Crippen molar-refractivity contribution in [3.05, 3.63) is 45.6 Å². The summed E-state index contributed by atoms with van der Waals surface area (Å²) in [6.07, 6.45) is 0.999. The van der Waals surface area contributed by atoms with Gasteiger partial charge in [-0.15, -0.1) is 10.2 Å². The molecular formula is C11H11Cl2N3O. The van der Waals surface area contributed by atoms with Crippen LogP contribution >= 0.6 is 23.2 Å². The monoisotopic (exact) mass is 271 g/mol. The number of halogens is 2. The summed E-state index contributed by atoms with van der Waals surface area (Å²) in [5.74, 6) is 1.02. The Morgan fingerprint density at radius 2 is 1.76 bits per heavy atom. The SMILES string of the molecule is NCCc1nnc(Cc2c(Cl)cccc2Cl)o1. The molecule has 1 heterocycles. The Morgan fingerprint density at radius 3 is 2.41 bits per heavy atom. The van der Waals surface area contributed by atoms with Crippen molar-refractivity contribution in [3.8, 4) is 0 Å². The topological polar surface area (TPSA) is 64.9 Å². The molecule has 0 unspecified atom stereocenters. The van der Waals surface area contributed by atoms with Crippen LogP contribution in [0.5, 0.6) is 0 Å². The molecule has 0 fully saturated rings. The van der Waals surface area contributed by atoms with E-state index in [1.54, 1.807) is 18.2 Å². The molecule has 90 valence electrons. The first-order valence-corrected chi connectivity index (χ1v) is 5.90. The number of hydrogen-bond acceptors (Lipinski definition) is 4. The number of nitrogens with zero attached hydrogens (tertiary/aromatic N) is 2. The van der Waals surface area contributed by atoms with Crippen molar-refractivity contribution in [2.45, 2.75) is 12.8 Å². The Morgan fingerprint density at radius 1 is 1.12 bits per heavy atom. The highest BCUT2D eigenvalue weighted by Gasteiger charge is 2.11. The Bertz CT molecular complexity index is 493. The third-order valence-electron chi connectivity index (χ3n) is 2.26. The normalized spacial score (nSPS) is 10.8. The van der Waals surface area contributed by atoms with Gasteiger partial charge in [-0.1, -0.05) is 29.3 Å². The summed E-state index contributed by atoms with van der Waals surface area (Å²) >= 11 is 12.1. The molecule has 2 aromatic rings. The molecule has 0 saturated carbocycles. The molecule has 0 aliphatic rings. The molecule has 0 bridgehead atoms. The lowest BCUT2D eigenvalue weighted by molar-refractivity contribution is 0.458. The Labute approximate surface area is 109 Å². The lowest BCUT2D eigenvalue weighted by Gasteiger charge is -2.03. The molecule has 1 aromatic heterocycles. The molecule has 0 saturated heterocycles. The largest absolute Gasteiger partial charge is 0.425 e. The third kappa shape index (κ3) is 2.97. The number of rotatable bonds is 4. The maximum atomic E-state index is 6.05. The molecule has 4 nitrogen and oxygen atoms in total.